The van der Waals surface area contributed by atoms with Crippen molar-refractivity contribution in [3.63, 3.8) is 0 Å². The minimum atomic E-state index is -0.737. The van der Waals surface area contributed by atoms with Gasteiger partial charge in [0.05, 0.1) is 16.1 Å². The van der Waals surface area contributed by atoms with Crippen LogP contribution in [0.5, 0.6) is 0 Å². The van der Waals surface area contributed by atoms with Crippen molar-refractivity contribution in [2.24, 2.45) is 0 Å². The smallest absolute Gasteiger partial charge is 0.160 e. The first kappa shape index (κ1) is 10.8. The van der Waals surface area contributed by atoms with E-state index >= 15 is 0 Å². The quantitative estimate of drug-likeness (QED) is 0.759. The fraction of sp³-hybridized carbons (Fsp3) is 0.333. The Balaban J connectivity index is 3.18. The molecule has 0 fully saturated rings. The van der Waals surface area contributed by atoms with Crippen molar-refractivity contribution in [3.8, 4) is 0 Å². The molecule has 0 spiro atoms. The second-order valence-electron chi connectivity index (χ2n) is 2.69. The summed E-state index contributed by atoms with van der Waals surface area (Å²) >= 11 is 11.1. The third-order valence-electron chi connectivity index (χ3n) is 1.81. The molecular formula is C9H9Cl2FO. The van der Waals surface area contributed by atoms with Gasteiger partial charge >= 0.3 is 0 Å². The predicted octanol–water partition coefficient (Wildman–Crippen LogP) is 3.58. The summed E-state index contributed by atoms with van der Waals surface area (Å²) in [6.45, 7) is 1.79. The minimum absolute atomic E-state index is 0.0305. The molecule has 1 rings (SSSR count). The molecule has 1 nitrogen and oxygen atoms in total. The second-order valence-corrected chi connectivity index (χ2v) is 3.47. The van der Waals surface area contributed by atoms with Gasteiger partial charge in [0.1, 0.15) is 0 Å². The van der Waals surface area contributed by atoms with E-state index in [1.807, 2.05) is 0 Å². The average Bonchev–Trinajstić information content (AvgIpc) is 2.13. The Morgan fingerprint density at radius 3 is 2.62 bits per heavy atom. The standard InChI is InChI=1S/C9H9Cl2FO/c1-2-7(13)5-3-4-6(10)9(12)8(5)11/h3-4,7,13H,2H2,1H3. The zero-order chi connectivity index (χ0) is 10.0. The van der Waals surface area contributed by atoms with Crippen LogP contribution in [0.15, 0.2) is 12.1 Å². The lowest BCUT2D eigenvalue weighted by atomic mass is 10.1. The molecule has 13 heavy (non-hydrogen) atoms. The van der Waals surface area contributed by atoms with Crippen LogP contribution in [0.25, 0.3) is 0 Å². The molecule has 0 aliphatic rings. The van der Waals surface area contributed by atoms with Gasteiger partial charge in [0.25, 0.3) is 0 Å². The van der Waals surface area contributed by atoms with E-state index in [0.29, 0.717) is 12.0 Å². The third kappa shape index (κ3) is 2.13. The Hall–Kier alpha value is -0.310. The topological polar surface area (TPSA) is 20.2 Å². The van der Waals surface area contributed by atoms with Crippen molar-refractivity contribution in [2.45, 2.75) is 19.4 Å². The largest absolute Gasteiger partial charge is 0.388 e. The van der Waals surface area contributed by atoms with Gasteiger partial charge in [0.2, 0.25) is 0 Å². The first-order valence-electron chi connectivity index (χ1n) is 3.89. The number of rotatable bonds is 2. The summed E-state index contributed by atoms with van der Waals surface area (Å²) in [6.07, 6.45) is -0.250. The molecule has 4 heteroatoms. The second kappa shape index (κ2) is 4.27. The van der Waals surface area contributed by atoms with Crippen LogP contribution in [0.3, 0.4) is 0 Å². The summed E-state index contributed by atoms with van der Waals surface area (Å²) in [5.41, 5.74) is 0.381. The fourth-order valence-electron chi connectivity index (χ4n) is 1.02. The van der Waals surface area contributed by atoms with Crippen molar-refractivity contribution >= 4 is 23.2 Å². The van der Waals surface area contributed by atoms with Gasteiger partial charge in [-0.3, -0.25) is 0 Å². The van der Waals surface area contributed by atoms with Gasteiger partial charge in [-0.25, -0.2) is 4.39 Å². The van der Waals surface area contributed by atoms with Gasteiger partial charge in [-0.15, -0.1) is 0 Å². The van der Waals surface area contributed by atoms with Gasteiger partial charge in [0, 0.05) is 5.56 Å². The molecule has 0 bridgehead atoms. The Kier molecular flexibility index (Phi) is 3.54. The van der Waals surface area contributed by atoms with Gasteiger partial charge in [-0.2, -0.15) is 0 Å². The fourth-order valence-corrected chi connectivity index (χ4v) is 1.51. The highest BCUT2D eigenvalue weighted by Gasteiger charge is 2.14. The highest BCUT2D eigenvalue weighted by molar-refractivity contribution is 6.35. The van der Waals surface area contributed by atoms with E-state index in [-0.39, 0.29) is 10.0 Å². The van der Waals surface area contributed by atoms with Crippen molar-refractivity contribution in [1.29, 1.82) is 0 Å². The lowest BCUT2D eigenvalue weighted by molar-refractivity contribution is 0.173. The van der Waals surface area contributed by atoms with Crippen LogP contribution >= 0.6 is 23.2 Å². The molecule has 0 radical (unpaired) electrons. The monoisotopic (exact) mass is 222 g/mol. The van der Waals surface area contributed by atoms with E-state index in [4.69, 9.17) is 23.2 Å². The van der Waals surface area contributed by atoms with E-state index in [0.717, 1.165) is 0 Å². The summed E-state index contributed by atoms with van der Waals surface area (Å²) in [4.78, 5) is 0. The maximum Gasteiger partial charge on any atom is 0.160 e. The van der Waals surface area contributed by atoms with E-state index in [1.54, 1.807) is 6.92 Å². The number of hydrogen-bond acceptors (Lipinski definition) is 1. The lowest BCUT2D eigenvalue weighted by Crippen LogP contribution is -1.98. The number of benzene rings is 1. The summed E-state index contributed by atoms with van der Waals surface area (Å²) in [7, 11) is 0. The molecule has 0 saturated heterocycles. The highest BCUT2D eigenvalue weighted by atomic mass is 35.5. The normalized spacial score (nSPS) is 13.0. The van der Waals surface area contributed by atoms with Crippen LogP contribution in [0, 0.1) is 5.82 Å². The van der Waals surface area contributed by atoms with Crippen LogP contribution in [0.4, 0.5) is 4.39 Å². The molecule has 1 unspecified atom stereocenters. The van der Waals surface area contributed by atoms with Crippen molar-refractivity contribution in [3.05, 3.63) is 33.6 Å². The zero-order valence-electron chi connectivity index (χ0n) is 7.02. The van der Waals surface area contributed by atoms with E-state index in [9.17, 15) is 9.50 Å². The number of hydrogen-bond donors (Lipinski definition) is 1. The van der Waals surface area contributed by atoms with Gasteiger partial charge in [0.15, 0.2) is 5.82 Å². The summed E-state index contributed by atoms with van der Waals surface area (Å²) < 4.78 is 13.1. The highest BCUT2D eigenvalue weighted by Crippen LogP contribution is 2.31. The number of aliphatic hydroxyl groups excluding tert-OH is 1. The van der Waals surface area contributed by atoms with Crippen LogP contribution in [0.1, 0.15) is 25.0 Å². The molecule has 1 aromatic carbocycles. The lowest BCUT2D eigenvalue weighted by Gasteiger charge is -2.10. The van der Waals surface area contributed by atoms with E-state index in [1.165, 1.54) is 12.1 Å². The molecule has 0 saturated carbocycles. The van der Waals surface area contributed by atoms with E-state index in [2.05, 4.69) is 0 Å². The van der Waals surface area contributed by atoms with Gasteiger partial charge < -0.3 is 5.11 Å². The van der Waals surface area contributed by atoms with Gasteiger partial charge in [-0.05, 0) is 12.5 Å². The van der Waals surface area contributed by atoms with Crippen molar-refractivity contribution in [2.75, 3.05) is 0 Å². The maximum atomic E-state index is 13.1. The first-order valence-corrected chi connectivity index (χ1v) is 4.65. The molecule has 0 aliphatic heterocycles. The van der Waals surface area contributed by atoms with Crippen LogP contribution in [-0.4, -0.2) is 5.11 Å². The zero-order valence-corrected chi connectivity index (χ0v) is 8.53. The minimum Gasteiger partial charge on any atom is -0.388 e. The van der Waals surface area contributed by atoms with Crippen LogP contribution in [0.2, 0.25) is 10.0 Å². The maximum absolute atomic E-state index is 13.1. The van der Waals surface area contributed by atoms with E-state index < -0.39 is 11.9 Å². The Morgan fingerprint density at radius 2 is 2.08 bits per heavy atom. The molecule has 1 aromatic rings. The Labute approximate surface area is 86.1 Å². The first-order chi connectivity index (χ1) is 6.07. The van der Waals surface area contributed by atoms with Crippen LogP contribution in [-0.2, 0) is 0 Å². The van der Waals surface area contributed by atoms with Crippen molar-refractivity contribution < 1.29 is 9.50 Å². The third-order valence-corrected chi connectivity index (χ3v) is 2.49. The Morgan fingerprint density at radius 1 is 1.46 bits per heavy atom. The molecule has 72 valence electrons. The molecular weight excluding hydrogens is 214 g/mol. The summed E-state index contributed by atoms with van der Waals surface area (Å²) in [5.74, 6) is -0.673. The van der Waals surface area contributed by atoms with Crippen LogP contribution < -0.4 is 0 Å². The Bertz CT molecular complexity index is 315. The predicted molar refractivity (Wildman–Crippen MR) is 51.7 cm³/mol. The summed E-state index contributed by atoms with van der Waals surface area (Å²) in [5, 5.41) is 9.31. The average molecular weight is 223 g/mol. The summed E-state index contributed by atoms with van der Waals surface area (Å²) in [6, 6.07) is 2.92. The molecule has 0 aromatic heterocycles. The van der Waals surface area contributed by atoms with Crippen molar-refractivity contribution in [1.82, 2.24) is 0 Å². The number of halogens is 3. The molecule has 0 aliphatic carbocycles. The van der Waals surface area contributed by atoms with Gasteiger partial charge in [-0.1, -0.05) is 36.2 Å². The number of aliphatic hydroxyl groups is 1. The molecule has 0 heterocycles. The SMILES string of the molecule is CCC(O)c1ccc(Cl)c(F)c1Cl. The molecule has 1 atom stereocenters. The molecule has 0 amide bonds. The molecule has 1 N–H and O–H groups in total.